The summed E-state index contributed by atoms with van der Waals surface area (Å²) in [5.41, 5.74) is 2.90. The number of hydrogen-bond donors (Lipinski definition) is 0. The van der Waals surface area contributed by atoms with E-state index in [4.69, 9.17) is 4.74 Å². The summed E-state index contributed by atoms with van der Waals surface area (Å²) in [5, 5.41) is 0. The number of aryl methyl sites for hydroxylation is 1. The average Bonchev–Trinajstić information content (AvgIpc) is 2.72. The summed E-state index contributed by atoms with van der Waals surface area (Å²) in [6, 6.07) is 15.3. The lowest BCUT2D eigenvalue weighted by Crippen LogP contribution is -2.39. The van der Waals surface area contributed by atoms with Crippen LogP contribution in [0.15, 0.2) is 54.6 Å². The zero-order chi connectivity index (χ0) is 19.2. The Morgan fingerprint density at radius 1 is 1.07 bits per heavy atom. The van der Waals surface area contributed by atoms with E-state index in [1.54, 1.807) is 13.2 Å². The van der Waals surface area contributed by atoms with Gasteiger partial charge in [0.1, 0.15) is 5.75 Å². The zero-order valence-corrected chi connectivity index (χ0v) is 15.9. The maximum Gasteiger partial charge on any atom is 0.246 e. The zero-order valence-electron chi connectivity index (χ0n) is 15.9. The Kier molecular flexibility index (Phi) is 6.07. The summed E-state index contributed by atoms with van der Waals surface area (Å²) in [6.45, 7) is 3.26. The molecule has 1 fully saturated rings. The molecule has 1 saturated heterocycles. The summed E-state index contributed by atoms with van der Waals surface area (Å²) < 4.78 is 5.13. The number of nitrogens with zero attached hydrogens (tertiary/aromatic N) is 1. The van der Waals surface area contributed by atoms with E-state index in [0.29, 0.717) is 31.5 Å². The summed E-state index contributed by atoms with van der Waals surface area (Å²) in [4.78, 5) is 26.9. The number of amides is 1. The first kappa shape index (κ1) is 18.9. The van der Waals surface area contributed by atoms with Gasteiger partial charge in [0.05, 0.1) is 7.11 Å². The van der Waals surface area contributed by atoms with E-state index in [-0.39, 0.29) is 17.6 Å². The summed E-state index contributed by atoms with van der Waals surface area (Å²) in [5.74, 6) is 0.877. The fourth-order valence-corrected chi connectivity index (χ4v) is 3.40. The van der Waals surface area contributed by atoms with Gasteiger partial charge in [-0.3, -0.25) is 9.59 Å². The molecule has 0 saturated carbocycles. The highest BCUT2D eigenvalue weighted by Crippen LogP contribution is 2.23. The Hall–Kier alpha value is -2.88. The normalized spacial score (nSPS) is 15.1. The number of Topliss-reactive ketones (excluding diaryl/α,β-unsaturated/α-hetero) is 1. The van der Waals surface area contributed by atoms with Gasteiger partial charge in [-0.1, -0.05) is 29.8 Å². The highest BCUT2D eigenvalue weighted by molar-refractivity contribution is 5.98. The van der Waals surface area contributed by atoms with Crippen molar-refractivity contribution in [1.29, 1.82) is 0 Å². The lowest BCUT2D eigenvalue weighted by Gasteiger charge is -2.30. The van der Waals surface area contributed by atoms with Crippen LogP contribution in [0.2, 0.25) is 0 Å². The second-order valence-corrected chi connectivity index (χ2v) is 6.94. The van der Waals surface area contributed by atoms with Gasteiger partial charge < -0.3 is 9.64 Å². The van der Waals surface area contributed by atoms with Crippen molar-refractivity contribution < 1.29 is 14.3 Å². The van der Waals surface area contributed by atoms with Gasteiger partial charge in [-0.15, -0.1) is 0 Å². The molecule has 4 nitrogen and oxygen atoms in total. The molecule has 140 valence electrons. The van der Waals surface area contributed by atoms with Gasteiger partial charge in [0, 0.05) is 30.6 Å². The van der Waals surface area contributed by atoms with Crippen molar-refractivity contribution in [1.82, 2.24) is 4.90 Å². The third-order valence-electron chi connectivity index (χ3n) is 5.01. The number of hydrogen-bond acceptors (Lipinski definition) is 3. The molecule has 0 unspecified atom stereocenters. The number of ketones is 1. The van der Waals surface area contributed by atoms with Crippen molar-refractivity contribution in [3.63, 3.8) is 0 Å². The summed E-state index contributed by atoms with van der Waals surface area (Å²) in [6.07, 6.45) is 4.88. The van der Waals surface area contributed by atoms with Crippen LogP contribution in [0.3, 0.4) is 0 Å². The molecule has 4 heteroatoms. The van der Waals surface area contributed by atoms with E-state index in [9.17, 15) is 9.59 Å². The van der Waals surface area contributed by atoms with Crippen LogP contribution in [0.1, 0.15) is 34.3 Å². The largest absolute Gasteiger partial charge is 0.497 e. The molecule has 0 aromatic heterocycles. The van der Waals surface area contributed by atoms with Gasteiger partial charge in [0.25, 0.3) is 0 Å². The minimum absolute atomic E-state index is 0.00634. The molecule has 1 aliphatic heterocycles. The first-order chi connectivity index (χ1) is 13.1. The fourth-order valence-electron chi connectivity index (χ4n) is 3.40. The lowest BCUT2D eigenvalue weighted by atomic mass is 9.89. The van der Waals surface area contributed by atoms with E-state index < -0.39 is 0 Å². The van der Waals surface area contributed by atoms with Crippen molar-refractivity contribution in [2.24, 2.45) is 5.92 Å². The lowest BCUT2D eigenvalue weighted by molar-refractivity contribution is -0.127. The average molecular weight is 363 g/mol. The van der Waals surface area contributed by atoms with E-state index in [0.717, 1.165) is 11.3 Å². The molecule has 1 heterocycles. The number of benzene rings is 2. The van der Waals surface area contributed by atoms with Gasteiger partial charge in [0.2, 0.25) is 5.91 Å². The van der Waals surface area contributed by atoms with Crippen molar-refractivity contribution in [2.45, 2.75) is 19.8 Å². The third-order valence-corrected chi connectivity index (χ3v) is 5.01. The van der Waals surface area contributed by atoms with E-state index in [1.165, 1.54) is 5.56 Å². The molecular formula is C23H25NO3. The van der Waals surface area contributed by atoms with Crippen molar-refractivity contribution in [3.8, 4) is 5.75 Å². The van der Waals surface area contributed by atoms with Crippen LogP contribution in [-0.4, -0.2) is 36.8 Å². The molecule has 1 amide bonds. The van der Waals surface area contributed by atoms with Crippen LogP contribution in [0, 0.1) is 12.8 Å². The molecule has 27 heavy (non-hydrogen) atoms. The molecule has 1 aliphatic rings. The second-order valence-electron chi connectivity index (χ2n) is 6.94. The maximum atomic E-state index is 12.7. The number of methoxy groups -OCH3 is 1. The first-order valence-corrected chi connectivity index (χ1v) is 9.29. The number of likely N-dealkylation sites (tertiary alicyclic amines) is 1. The highest BCUT2D eigenvalue weighted by atomic mass is 16.5. The van der Waals surface area contributed by atoms with Crippen LogP contribution in [0.4, 0.5) is 0 Å². The highest BCUT2D eigenvalue weighted by Gasteiger charge is 2.27. The monoisotopic (exact) mass is 363 g/mol. The Labute approximate surface area is 160 Å². The van der Waals surface area contributed by atoms with Gasteiger partial charge in [0.15, 0.2) is 5.78 Å². The third kappa shape index (κ3) is 4.85. The molecule has 0 bridgehead atoms. The molecule has 0 atom stereocenters. The number of carbonyl (C=O) groups excluding carboxylic acids is 2. The molecule has 0 N–H and O–H groups in total. The molecule has 0 aliphatic carbocycles. The Bertz CT molecular complexity index is 831. The second kappa shape index (κ2) is 8.67. The van der Waals surface area contributed by atoms with Crippen LogP contribution in [0.25, 0.3) is 6.08 Å². The topological polar surface area (TPSA) is 46.6 Å². The van der Waals surface area contributed by atoms with Crippen LogP contribution < -0.4 is 4.74 Å². The SMILES string of the molecule is COc1ccc(C(=O)C2CCN(C(=O)/C=C/c3cccc(C)c3)CC2)cc1. The summed E-state index contributed by atoms with van der Waals surface area (Å²) >= 11 is 0. The van der Waals surface area contributed by atoms with Crippen molar-refractivity contribution in [3.05, 3.63) is 71.3 Å². The van der Waals surface area contributed by atoms with Gasteiger partial charge >= 0.3 is 0 Å². The molecular weight excluding hydrogens is 338 g/mol. The maximum absolute atomic E-state index is 12.7. The molecule has 0 radical (unpaired) electrons. The summed E-state index contributed by atoms with van der Waals surface area (Å²) in [7, 11) is 1.61. The number of ether oxygens (including phenoxy) is 1. The molecule has 0 spiro atoms. The Balaban J connectivity index is 1.54. The minimum atomic E-state index is -0.0248. The first-order valence-electron chi connectivity index (χ1n) is 9.29. The predicted octanol–water partition coefficient (Wildman–Crippen LogP) is 4.14. The van der Waals surface area contributed by atoms with Gasteiger partial charge in [-0.2, -0.15) is 0 Å². The van der Waals surface area contributed by atoms with Gasteiger partial charge in [-0.05, 0) is 55.7 Å². The number of carbonyl (C=O) groups is 2. The Morgan fingerprint density at radius 2 is 1.78 bits per heavy atom. The smallest absolute Gasteiger partial charge is 0.246 e. The quantitative estimate of drug-likeness (QED) is 0.592. The van der Waals surface area contributed by atoms with Crippen molar-refractivity contribution >= 4 is 17.8 Å². The minimum Gasteiger partial charge on any atom is -0.497 e. The predicted molar refractivity (Wildman–Crippen MR) is 107 cm³/mol. The fraction of sp³-hybridized carbons (Fsp3) is 0.304. The van der Waals surface area contributed by atoms with E-state index in [1.807, 2.05) is 66.4 Å². The van der Waals surface area contributed by atoms with Gasteiger partial charge in [-0.25, -0.2) is 0 Å². The molecule has 2 aromatic carbocycles. The number of rotatable bonds is 5. The van der Waals surface area contributed by atoms with Crippen molar-refractivity contribution in [2.75, 3.05) is 20.2 Å². The molecule has 3 rings (SSSR count). The Morgan fingerprint density at radius 3 is 2.41 bits per heavy atom. The van der Waals surface area contributed by atoms with Crippen LogP contribution in [0.5, 0.6) is 5.75 Å². The molecule has 2 aromatic rings. The standard InChI is InChI=1S/C23H25NO3/c1-17-4-3-5-18(16-17)6-11-22(25)24-14-12-20(13-15-24)23(26)19-7-9-21(27-2)10-8-19/h3-11,16,20H,12-15H2,1-2H3/b11-6+. The number of piperidine rings is 1. The van der Waals surface area contributed by atoms with E-state index >= 15 is 0 Å². The van der Waals surface area contributed by atoms with Crippen LogP contribution in [-0.2, 0) is 4.79 Å². The van der Waals surface area contributed by atoms with E-state index in [2.05, 4.69) is 0 Å². The van der Waals surface area contributed by atoms with Crippen LogP contribution >= 0.6 is 0 Å².